The highest BCUT2D eigenvalue weighted by Gasteiger charge is 2.37. The standard InChI is InChI=1S/C24H27NO/c1-23(2)14-19(15-24(3,4)16-23)22(18-8-12-21(26)13-9-18)17-6-10-20(25-5)11-7-17/h6-13,26H,14-16H2,1-4H3. The van der Waals surface area contributed by atoms with Crippen molar-refractivity contribution in [2.24, 2.45) is 10.8 Å². The zero-order valence-electron chi connectivity index (χ0n) is 16.1. The minimum Gasteiger partial charge on any atom is -0.508 e. The molecule has 0 aromatic heterocycles. The SMILES string of the molecule is [C-]#[N+]c1ccc(C(=C2CC(C)(C)CC(C)(C)C2)c2ccc(O)cc2)cc1. The van der Waals surface area contributed by atoms with E-state index in [0.29, 0.717) is 5.69 Å². The molecule has 2 aromatic rings. The van der Waals surface area contributed by atoms with Crippen LogP contribution >= 0.6 is 0 Å². The molecule has 2 heteroatoms. The van der Waals surface area contributed by atoms with Crippen molar-refractivity contribution in [1.29, 1.82) is 0 Å². The molecule has 0 bridgehead atoms. The summed E-state index contributed by atoms with van der Waals surface area (Å²) >= 11 is 0. The smallest absolute Gasteiger partial charge is 0.187 e. The van der Waals surface area contributed by atoms with E-state index in [9.17, 15) is 5.11 Å². The lowest BCUT2D eigenvalue weighted by Crippen LogP contribution is -2.30. The van der Waals surface area contributed by atoms with Crippen molar-refractivity contribution in [3.63, 3.8) is 0 Å². The van der Waals surface area contributed by atoms with Gasteiger partial charge in [-0.1, -0.05) is 69.7 Å². The second-order valence-electron chi connectivity index (χ2n) is 9.04. The Bertz CT molecular complexity index is 844. The van der Waals surface area contributed by atoms with Crippen molar-refractivity contribution in [1.82, 2.24) is 0 Å². The molecule has 0 aliphatic heterocycles. The highest BCUT2D eigenvalue weighted by molar-refractivity contribution is 5.83. The van der Waals surface area contributed by atoms with Crippen LogP contribution in [0, 0.1) is 17.4 Å². The molecule has 0 heterocycles. The number of allylic oxidation sites excluding steroid dienone is 1. The zero-order chi connectivity index (χ0) is 18.9. The summed E-state index contributed by atoms with van der Waals surface area (Å²) in [7, 11) is 0. The van der Waals surface area contributed by atoms with E-state index in [1.54, 1.807) is 12.1 Å². The van der Waals surface area contributed by atoms with E-state index in [4.69, 9.17) is 6.57 Å². The summed E-state index contributed by atoms with van der Waals surface area (Å²) in [5.41, 5.74) is 6.17. The first-order valence-corrected chi connectivity index (χ1v) is 9.18. The molecule has 1 fully saturated rings. The van der Waals surface area contributed by atoms with Gasteiger partial charge < -0.3 is 5.11 Å². The Kier molecular flexibility index (Phi) is 4.67. The van der Waals surface area contributed by atoms with Crippen molar-refractivity contribution in [3.8, 4) is 5.75 Å². The summed E-state index contributed by atoms with van der Waals surface area (Å²) in [6.07, 6.45) is 3.34. The summed E-state index contributed by atoms with van der Waals surface area (Å²) in [6, 6.07) is 15.4. The number of hydrogen-bond acceptors (Lipinski definition) is 1. The molecule has 1 aliphatic rings. The molecule has 0 saturated heterocycles. The van der Waals surface area contributed by atoms with Crippen LogP contribution in [-0.4, -0.2) is 5.11 Å². The van der Waals surface area contributed by atoms with Crippen LogP contribution in [0.5, 0.6) is 5.75 Å². The van der Waals surface area contributed by atoms with Crippen LogP contribution in [0.2, 0.25) is 0 Å². The predicted octanol–water partition coefficient (Wildman–Crippen LogP) is 6.98. The van der Waals surface area contributed by atoms with E-state index < -0.39 is 0 Å². The van der Waals surface area contributed by atoms with Gasteiger partial charge in [-0.25, -0.2) is 4.85 Å². The van der Waals surface area contributed by atoms with Crippen molar-refractivity contribution in [2.45, 2.75) is 47.0 Å². The van der Waals surface area contributed by atoms with Gasteiger partial charge in [0.15, 0.2) is 5.69 Å². The van der Waals surface area contributed by atoms with Gasteiger partial charge in [0, 0.05) is 0 Å². The lowest BCUT2D eigenvalue weighted by molar-refractivity contribution is 0.154. The Morgan fingerprint density at radius 2 is 1.31 bits per heavy atom. The van der Waals surface area contributed by atoms with Crippen LogP contribution in [0.25, 0.3) is 10.4 Å². The van der Waals surface area contributed by atoms with Crippen LogP contribution in [0.3, 0.4) is 0 Å². The number of phenols is 1. The van der Waals surface area contributed by atoms with Gasteiger partial charge >= 0.3 is 0 Å². The van der Waals surface area contributed by atoms with Crippen LogP contribution in [0.1, 0.15) is 58.1 Å². The zero-order valence-corrected chi connectivity index (χ0v) is 16.1. The average molecular weight is 345 g/mol. The van der Waals surface area contributed by atoms with Crippen molar-refractivity contribution >= 4 is 11.3 Å². The monoisotopic (exact) mass is 345 g/mol. The van der Waals surface area contributed by atoms with Crippen LogP contribution < -0.4 is 0 Å². The van der Waals surface area contributed by atoms with Crippen molar-refractivity contribution in [2.75, 3.05) is 0 Å². The van der Waals surface area contributed by atoms with Gasteiger partial charge in [-0.3, -0.25) is 0 Å². The van der Waals surface area contributed by atoms with Gasteiger partial charge in [-0.05, 0) is 58.9 Å². The van der Waals surface area contributed by atoms with E-state index >= 15 is 0 Å². The quantitative estimate of drug-likeness (QED) is 0.583. The summed E-state index contributed by atoms with van der Waals surface area (Å²) in [4.78, 5) is 3.51. The number of rotatable bonds is 2. The number of phenolic OH excluding ortho intramolecular Hbond substituents is 1. The molecule has 0 spiro atoms. The molecule has 1 saturated carbocycles. The van der Waals surface area contributed by atoms with E-state index in [-0.39, 0.29) is 16.6 Å². The van der Waals surface area contributed by atoms with Gasteiger partial charge in [0.2, 0.25) is 0 Å². The minimum absolute atomic E-state index is 0.260. The fraction of sp³-hybridized carbons (Fsp3) is 0.375. The number of benzene rings is 2. The van der Waals surface area contributed by atoms with E-state index in [1.165, 1.54) is 17.6 Å². The van der Waals surface area contributed by atoms with E-state index in [0.717, 1.165) is 24.0 Å². The van der Waals surface area contributed by atoms with Crippen LogP contribution in [0.15, 0.2) is 54.1 Å². The van der Waals surface area contributed by atoms with Gasteiger partial charge in [0.25, 0.3) is 0 Å². The molecule has 0 atom stereocenters. The average Bonchev–Trinajstić information content (AvgIpc) is 2.55. The molecule has 134 valence electrons. The van der Waals surface area contributed by atoms with Gasteiger partial charge in [0.05, 0.1) is 6.57 Å². The third-order valence-electron chi connectivity index (χ3n) is 5.14. The summed E-state index contributed by atoms with van der Waals surface area (Å²) < 4.78 is 0. The maximum atomic E-state index is 9.70. The van der Waals surface area contributed by atoms with Crippen LogP contribution in [-0.2, 0) is 0 Å². The van der Waals surface area contributed by atoms with E-state index in [2.05, 4.69) is 44.7 Å². The van der Waals surface area contributed by atoms with Gasteiger partial charge in [0.1, 0.15) is 5.75 Å². The molecule has 1 aliphatic carbocycles. The molecule has 0 unspecified atom stereocenters. The first kappa shape index (κ1) is 18.3. The molecule has 0 radical (unpaired) electrons. The molecule has 26 heavy (non-hydrogen) atoms. The molecule has 3 rings (SSSR count). The second kappa shape index (κ2) is 6.65. The van der Waals surface area contributed by atoms with Crippen LogP contribution in [0.4, 0.5) is 5.69 Å². The topological polar surface area (TPSA) is 24.6 Å². The third-order valence-corrected chi connectivity index (χ3v) is 5.14. The highest BCUT2D eigenvalue weighted by atomic mass is 16.3. The predicted molar refractivity (Wildman–Crippen MR) is 108 cm³/mol. The molecular weight excluding hydrogens is 318 g/mol. The Morgan fingerprint density at radius 3 is 1.77 bits per heavy atom. The molecule has 0 amide bonds. The molecule has 1 N–H and O–H groups in total. The lowest BCUT2D eigenvalue weighted by atomic mass is 9.62. The normalized spacial score (nSPS) is 18.2. The second-order valence-corrected chi connectivity index (χ2v) is 9.04. The minimum atomic E-state index is 0.260. The van der Waals surface area contributed by atoms with Crippen molar-refractivity contribution < 1.29 is 5.11 Å². The number of aromatic hydroxyl groups is 1. The fourth-order valence-electron chi connectivity index (χ4n) is 4.72. The summed E-state index contributed by atoms with van der Waals surface area (Å²) in [6.45, 7) is 16.6. The maximum absolute atomic E-state index is 9.70. The molecular formula is C24H27NO. The Balaban J connectivity index is 2.19. The third kappa shape index (κ3) is 3.99. The Labute approximate surface area is 157 Å². The van der Waals surface area contributed by atoms with Gasteiger partial charge in [-0.15, -0.1) is 0 Å². The first-order chi connectivity index (χ1) is 12.2. The highest BCUT2D eigenvalue weighted by Crippen LogP contribution is 2.50. The Hall–Kier alpha value is -2.53. The number of hydrogen-bond donors (Lipinski definition) is 1. The fourth-order valence-corrected chi connectivity index (χ4v) is 4.72. The largest absolute Gasteiger partial charge is 0.508 e. The lowest BCUT2D eigenvalue weighted by Gasteiger charge is -2.43. The number of nitrogens with zero attached hydrogens (tertiary/aromatic N) is 1. The van der Waals surface area contributed by atoms with E-state index in [1.807, 2.05) is 24.3 Å². The molecule has 2 nitrogen and oxygen atoms in total. The maximum Gasteiger partial charge on any atom is 0.187 e. The Morgan fingerprint density at radius 1 is 0.846 bits per heavy atom. The van der Waals surface area contributed by atoms with Gasteiger partial charge in [-0.2, -0.15) is 0 Å². The first-order valence-electron chi connectivity index (χ1n) is 9.18. The summed E-state index contributed by atoms with van der Waals surface area (Å²) in [5, 5.41) is 9.70. The summed E-state index contributed by atoms with van der Waals surface area (Å²) in [5.74, 6) is 0.283. The van der Waals surface area contributed by atoms with Crippen molar-refractivity contribution in [3.05, 3.63) is 76.6 Å². The molecule has 2 aromatic carbocycles.